The van der Waals surface area contributed by atoms with Crippen LogP contribution in [0.25, 0.3) is 0 Å². The van der Waals surface area contributed by atoms with Gasteiger partial charge in [-0.05, 0) is 51.8 Å². The number of likely N-dealkylation sites (tertiary alicyclic amines) is 2. The number of H-pyrrole nitrogens is 1. The van der Waals surface area contributed by atoms with E-state index in [4.69, 9.17) is 0 Å². The molecule has 4 heterocycles. The summed E-state index contributed by atoms with van der Waals surface area (Å²) in [6, 6.07) is 1.88. The first-order chi connectivity index (χ1) is 13.1. The highest BCUT2D eigenvalue weighted by atomic mass is 16.2. The summed E-state index contributed by atoms with van der Waals surface area (Å²) in [5.74, 6) is 2.44. The van der Waals surface area contributed by atoms with Gasteiger partial charge in [0.05, 0.1) is 12.1 Å². The number of aromatic amines is 1. The number of nitrogens with one attached hydrogen (secondary N) is 1. The van der Waals surface area contributed by atoms with Crippen molar-refractivity contribution in [3.8, 4) is 0 Å². The molecule has 0 saturated carbocycles. The molecule has 27 heavy (non-hydrogen) atoms. The lowest BCUT2D eigenvalue weighted by atomic mass is 9.96. The number of aryl methyl sites for hydroxylation is 1. The normalized spacial score (nSPS) is 21.6. The van der Waals surface area contributed by atoms with Crippen LogP contribution in [-0.2, 0) is 13.6 Å². The van der Waals surface area contributed by atoms with E-state index in [9.17, 15) is 4.79 Å². The lowest BCUT2D eigenvalue weighted by molar-refractivity contribution is 0.0703. The molecule has 1 atom stereocenters. The predicted molar refractivity (Wildman–Crippen MR) is 104 cm³/mol. The van der Waals surface area contributed by atoms with Gasteiger partial charge in [0.1, 0.15) is 11.6 Å². The van der Waals surface area contributed by atoms with Crippen molar-refractivity contribution < 1.29 is 4.79 Å². The Morgan fingerprint density at radius 1 is 1.19 bits per heavy atom. The highest BCUT2D eigenvalue weighted by Gasteiger charge is 2.29. The van der Waals surface area contributed by atoms with E-state index in [1.54, 1.807) is 0 Å². The van der Waals surface area contributed by atoms with Gasteiger partial charge >= 0.3 is 0 Å². The smallest absolute Gasteiger partial charge is 0.255 e. The van der Waals surface area contributed by atoms with Gasteiger partial charge in [-0.3, -0.25) is 9.69 Å². The minimum Gasteiger partial charge on any atom is -0.365 e. The summed E-state index contributed by atoms with van der Waals surface area (Å²) >= 11 is 0. The average molecular weight is 371 g/mol. The van der Waals surface area contributed by atoms with Crippen LogP contribution >= 0.6 is 0 Å². The maximum absolute atomic E-state index is 12.9. The van der Waals surface area contributed by atoms with Gasteiger partial charge in [0.2, 0.25) is 0 Å². The second kappa shape index (κ2) is 7.84. The van der Waals surface area contributed by atoms with Crippen LogP contribution in [0.15, 0.2) is 12.3 Å². The Labute approximate surface area is 160 Å². The molecule has 4 rings (SSSR count). The maximum Gasteiger partial charge on any atom is 0.255 e. The van der Waals surface area contributed by atoms with Crippen LogP contribution in [0.4, 0.5) is 0 Å². The Kier molecular flexibility index (Phi) is 5.29. The number of carbonyl (C=O) groups is 1. The van der Waals surface area contributed by atoms with Crippen LogP contribution in [0.1, 0.15) is 65.7 Å². The number of hydrogen-bond acceptors (Lipinski definition) is 4. The third kappa shape index (κ3) is 3.78. The largest absolute Gasteiger partial charge is 0.365 e. The van der Waals surface area contributed by atoms with Crippen LogP contribution < -0.4 is 0 Å². The molecule has 0 spiro atoms. The van der Waals surface area contributed by atoms with Gasteiger partial charge in [-0.15, -0.1) is 10.2 Å². The predicted octanol–water partition coefficient (Wildman–Crippen LogP) is 2.46. The summed E-state index contributed by atoms with van der Waals surface area (Å²) in [5.41, 5.74) is 1.71. The topological polar surface area (TPSA) is 70.1 Å². The highest BCUT2D eigenvalue weighted by Crippen LogP contribution is 2.27. The molecule has 1 amide bonds. The summed E-state index contributed by atoms with van der Waals surface area (Å²) in [7, 11) is 2.08. The zero-order valence-electron chi connectivity index (χ0n) is 16.4. The van der Waals surface area contributed by atoms with Crippen molar-refractivity contribution in [2.75, 3.05) is 26.2 Å². The lowest BCUT2D eigenvalue weighted by Gasteiger charge is -2.32. The van der Waals surface area contributed by atoms with Gasteiger partial charge in [0.15, 0.2) is 0 Å². The summed E-state index contributed by atoms with van der Waals surface area (Å²) in [6.07, 6.45) is 7.80. The fourth-order valence-electron chi connectivity index (χ4n) is 4.41. The Hall–Kier alpha value is -2.15. The maximum atomic E-state index is 12.9. The first-order valence-electron chi connectivity index (χ1n) is 10.2. The van der Waals surface area contributed by atoms with Gasteiger partial charge in [0.25, 0.3) is 5.91 Å². The molecular weight excluding hydrogens is 340 g/mol. The van der Waals surface area contributed by atoms with E-state index in [-0.39, 0.29) is 11.8 Å². The Morgan fingerprint density at radius 3 is 2.74 bits per heavy atom. The van der Waals surface area contributed by atoms with Crippen molar-refractivity contribution in [2.45, 2.75) is 51.5 Å². The van der Waals surface area contributed by atoms with Gasteiger partial charge < -0.3 is 14.5 Å². The van der Waals surface area contributed by atoms with Crippen LogP contribution in [0.3, 0.4) is 0 Å². The molecule has 2 saturated heterocycles. The fourth-order valence-corrected chi connectivity index (χ4v) is 4.41. The Bertz CT molecular complexity index is 788. The first-order valence-corrected chi connectivity index (χ1v) is 10.2. The van der Waals surface area contributed by atoms with E-state index in [1.165, 1.54) is 19.3 Å². The third-order valence-corrected chi connectivity index (χ3v) is 6.07. The van der Waals surface area contributed by atoms with Gasteiger partial charge in [-0.25, -0.2) is 0 Å². The molecule has 146 valence electrons. The van der Waals surface area contributed by atoms with Gasteiger partial charge in [-0.2, -0.15) is 0 Å². The summed E-state index contributed by atoms with van der Waals surface area (Å²) in [5, 5.41) is 9.00. The molecule has 2 fully saturated rings. The van der Waals surface area contributed by atoms with E-state index >= 15 is 0 Å². The Balaban J connectivity index is 1.45. The van der Waals surface area contributed by atoms with E-state index in [0.29, 0.717) is 0 Å². The Morgan fingerprint density at radius 2 is 2.00 bits per heavy atom. The van der Waals surface area contributed by atoms with Crippen LogP contribution in [0, 0.1) is 6.92 Å². The summed E-state index contributed by atoms with van der Waals surface area (Å²) in [6.45, 7) is 6.68. The number of amides is 1. The van der Waals surface area contributed by atoms with Crippen LogP contribution in [0.2, 0.25) is 0 Å². The minimum atomic E-state index is 0.120. The van der Waals surface area contributed by atoms with Gasteiger partial charge in [-0.1, -0.05) is 6.42 Å². The lowest BCUT2D eigenvalue weighted by Crippen LogP contribution is -2.40. The summed E-state index contributed by atoms with van der Waals surface area (Å²) < 4.78 is 2.16. The van der Waals surface area contributed by atoms with Crippen molar-refractivity contribution in [1.29, 1.82) is 0 Å². The number of hydrogen-bond donors (Lipinski definition) is 1. The molecule has 0 aromatic carbocycles. The number of rotatable bonds is 4. The molecule has 7 nitrogen and oxygen atoms in total. The molecule has 2 aliphatic heterocycles. The molecular formula is C20H30N6O. The molecule has 0 bridgehead atoms. The SMILES string of the molecule is Cc1[nH]ccc1C(=O)N1CCC[C@@H](c2nnc(CN3CCCCC3)n2C)C1. The minimum absolute atomic E-state index is 0.120. The quantitative estimate of drug-likeness (QED) is 0.897. The van der Waals surface area contributed by atoms with E-state index < -0.39 is 0 Å². The third-order valence-electron chi connectivity index (χ3n) is 6.07. The fraction of sp³-hybridized carbons (Fsp3) is 0.650. The number of nitrogens with zero attached hydrogens (tertiary/aromatic N) is 5. The van der Waals surface area contributed by atoms with Crippen LogP contribution in [0.5, 0.6) is 0 Å². The van der Waals surface area contributed by atoms with Crippen molar-refractivity contribution >= 4 is 5.91 Å². The van der Waals surface area contributed by atoms with Crippen molar-refractivity contribution in [2.24, 2.45) is 7.05 Å². The first kappa shape index (κ1) is 18.2. The molecule has 7 heteroatoms. The van der Waals surface area contributed by atoms with Crippen molar-refractivity contribution in [3.05, 3.63) is 35.2 Å². The number of aromatic nitrogens is 4. The zero-order chi connectivity index (χ0) is 18.8. The standard InChI is InChI=1S/C20H30N6O/c1-15-17(8-9-21-15)20(27)26-12-6-7-16(13-26)19-23-22-18(24(19)2)14-25-10-4-3-5-11-25/h8-9,16,21H,3-7,10-14H2,1-2H3/t16-/m1/s1. The van der Waals surface area contributed by atoms with Crippen LogP contribution in [-0.4, -0.2) is 61.6 Å². The second-order valence-corrected chi connectivity index (χ2v) is 7.98. The molecule has 0 aliphatic carbocycles. The molecule has 2 aliphatic rings. The number of carbonyl (C=O) groups excluding carboxylic acids is 1. The van der Waals surface area contributed by atoms with E-state index in [2.05, 4.69) is 31.7 Å². The van der Waals surface area contributed by atoms with Crippen molar-refractivity contribution in [3.63, 3.8) is 0 Å². The zero-order valence-corrected chi connectivity index (χ0v) is 16.4. The van der Waals surface area contributed by atoms with Crippen molar-refractivity contribution in [1.82, 2.24) is 29.5 Å². The van der Waals surface area contributed by atoms with E-state index in [0.717, 1.165) is 68.5 Å². The summed E-state index contributed by atoms with van der Waals surface area (Å²) in [4.78, 5) is 20.4. The number of piperidine rings is 2. The average Bonchev–Trinajstić information content (AvgIpc) is 3.28. The molecule has 0 radical (unpaired) electrons. The molecule has 0 unspecified atom stereocenters. The molecule has 2 aromatic rings. The second-order valence-electron chi connectivity index (χ2n) is 7.98. The molecule has 1 N–H and O–H groups in total. The highest BCUT2D eigenvalue weighted by molar-refractivity contribution is 5.95. The monoisotopic (exact) mass is 370 g/mol. The van der Waals surface area contributed by atoms with Gasteiger partial charge in [0, 0.05) is 37.9 Å². The van der Waals surface area contributed by atoms with E-state index in [1.807, 2.05) is 24.1 Å². The molecule has 2 aromatic heterocycles.